The predicted molar refractivity (Wildman–Crippen MR) is 66.8 cm³/mol. The molecule has 0 aliphatic heterocycles. The highest BCUT2D eigenvalue weighted by Crippen LogP contribution is 2.02. The molecule has 17 heavy (non-hydrogen) atoms. The van der Waals surface area contributed by atoms with E-state index in [0.29, 0.717) is 18.8 Å². The van der Waals surface area contributed by atoms with Crippen LogP contribution in [0.3, 0.4) is 0 Å². The van der Waals surface area contributed by atoms with Crippen molar-refractivity contribution in [2.24, 2.45) is 0 Å². The fourth-order valence-electron chi connectivity index (χ4n) is 1.35. The maximum Gasteiger partial charge on any atom is 0.329 e. The summed E-state index contributed by atoms with van der Waals surface area (Å²) in [6.07, 6.45) is 2.03. The number of aromatic amines is 1. The Bertz CT molecular complexity index is 479. The molecule has 0 amide bonds. The van der Waals surface area contributed by atoms with Gasteiger partial charge in [0.25, 0.3) is 5.56 Å². The number of hydrogen-bond donors (Lipinski definition) is 1. The van der Waals surface area contributed by atoms with Crippen molar-refractivity contribution in [1.82, 2.24) is 9.55 Å². The van der Waals surface area contributed by atoms with Gasteiger partial charge in [-0.3, -0.25) is 14.3 Å². The van der Waals surface area contributed by atoms with E-state index in [2.05, 4.69) is 11.9 Å². The Hall–Kier alpha value is -1.07. The van der Waals surface area contributed by atoms with E-state index in [-0.39, 0.29) is 17.3 Å². The van der Waals surface area contributed by atoms with Crippen LogP contribution in [-0.4, -0.2) is 22.8 Å². The highest BCUT2D eigenvalue weighted by molar-refractivity contribution is 6.30. The zero-order chi connectivity index (χ0) is 12.8. The summed E-state index contributed by atoms with van der Waals surface area (Å²) in [6.45, 7) is 4.89. The van der Waals surface area contributed by atoms with Crippen molar-refractivity contribution < 1.29 is 4.74 Å². The Morgan fingerprint density at radius 3 is 2.71 bits per heavy atom. The van der Waals surface area contributed by atoms with Crippen LogP contribution in [0.4, 0.5) is 0 Å². The van der Waals surface area contributed by atoms with E-state index >= 15 is 0 Å². The second-order valence-electron chi connectivity index (χ2n) is 3.79. The summed E-state index contributed by atoms with van der Waals surface area (Å²) in [5, 5.41) is 0.100. The standard InChI is InChI=1S/C11H17ClN2O3/c1-3-4-6-17-7-5-14-10(15)8(2)9(12)13-11(14)16/h3-7H2,1-2H3,(H,13,16). The zero-order valence-electron chi connectivity index (χ0n) is 10.1. The van der Waals surface area contributed by atoms with Crippen LogP contribution in [-0.2, 0) is 11.3 Å². The Kier molecular flexibility index (Phi) is 5.44. The van der Waals surface area contributed by atoms with Gasteiger partial charge in [0.1, 0.15) is 5.15 Å². The van der Waals surface area contributed by atoms with Crippen molar-refractivity contribution in [1.29, 1.82) is 0 Å². The summed E-state index contributed by atoms with van der Waals surface area (Å²) in [4.78, 5) is 25.7. The molecule has 0 radical (unpaired) electrons. The summed E-state index contributed by atoms with van der Waals surface area (Å²) in [5.41, 5.74) is -0.512. The number of ether oxygens (including phenoxy) is 1. The van der Waals surface area contributed by atoms with Crippen molar-refractivity contribution in [3.63, 3.8) is 0 Å². The summed E-state index contributed by atoms with van der Waals surface area (Å²) < 4.78 is 6.42. The molecule has 0 atom stereocenters. The molecule has 0 spiro atoms. The number of nitrogens with one attached hydrogen (secondary N) is 1. The molecule has 0 aliphatic carbocycles. The molecule has 1 aromatic heterocycles. The van der Waals surface area contributed by atoms with Gasteiger partial charge in [0.15, 0.2) is 0 Å². The first-order valence-corrected chi connectivity index (χ1v) is 6.02. The SMILES string of the molecule is CCCCOCCn1c(=O)[nH]c(Cl)c(C)c1=O. The molecule has 0 saturated carbocycles. The number of H-pyrrole nitrogens is 1. The van der Waals surface area contributed by atoms with E-state index in [9.17, 15) is 9.59 Å². The van der Waals surface area contributed by atoms with Gasteiger partial charge in [-0.25, -0.2) is 4.79 Å². The van der Waals surface area contributed by atoms with Crippen LogP contribution in [0.5, 0.6) is 0 Å². The second kappa shape index (κ2) is 6.61. The maximum absolute atomic E-state index is 11.7. The molecule has 0 bridgehead atoms. The third-order valence-electron chi connectivity index (χ3n) is 2.46. The highest BCUT2D eigenvalue weighted by Gasteiger charge is 2.08. The van der Waals surface area contributed by atoms with E-state index in [0.717, 1.165) is 17.4 Å². The molecule has 6 heteroatoms. The second-order valence-corrected chi connectivity index (χ2v) is 4.17. The average molecular weight is 261 g/mol. The fourth-order valence-corrected chi connectivity index (χ4v) is 1.51. The topological polar surface area (TPSA) is 64.1 Å². The molecule has 1 aromatic rings. The van der Waals surface area contributed by atoms with Gasteiger partial charge in [-0.05, 0) is 13.3 Å². The van der Waals surface area contributed by atoms with Crippen molar-refractivity contribution >= 4 is 11.6 Å². The molecule has 5 nitrogen and oxygen atoms in total. The minimum atomic E-state index is -0.496. The van der Waals surface area contributed by atoms with Gasteiger partial charge in [-0.2, -0.15) is 0 Å². The lowest BCUT2D eigenvalue weighted by Crippen LogP contribution is -2.37. The van der Waals surface area contributed by atoms with Crippen molar-refractivity contribution in [2.45, 2.75) is 33.2 Å². The highest BCUT2D eigenvalue weighted by atomic mass is 35.5. The third kappa shape index (κ3) is 3.71. The van der Waals surface area contributed by atoms with Gasteiger partial charge < -0.3 is 4.74 Å². The lowest BCUT2D eigenvalue weighted by atomic mass is 10.4. The Morgan fingerprint density at radius 2 is 2.06 bits per heavy atom. The monoisotopic (exact) mass is 260 g/mol. The normalized spacial score (nSPS) is 10.8. The van der Waals surface area contributed by atoms with Crippen molar-refractivity contribution in [3.05, 3.63) is 31.6 Å². The molecule has 0 saturated heterocycles. The smallest absolute Gasteiger partial charge is 0.329 e. The molecule has 0 unspecified atom stereocenters. The number of nitrogens with zero attached hydrogens (tertiary/aromatic N) is 1. The van der Waals surface area contributed by atoms with E-state index in [1.807, 2.05) is 0 Å². The summed E-state index contributed by atoms with van der Waals surface area (Å²) in [6, 6.07) is 0. The molecular weight excluding hydrogens is 244 g/mol. The lowest BCUT2D eigenvalue weighted by molar-refractivity contribution is 0.122. The number of aromatic nitrogens is 2. The molecular formula is C11H17ClN2O3. The molecule has 0 aromatic carbocycles. The lowest BCUT2D eigenvalue weighted by Gasteiger charge is -2.07. The number of hydrogen-bond acceptors (Lipinski definition) is 3. The minimum absolute atomic E-state index is 0.100. The number of unbranched alkanes of at least 4 members (excludes halogenated alkanes) is 1. The van der Waals surface area contributed by atoms with Gasteiger partial charge in [-0.1, -0.05) is 24.9 Å². The summed E-state index contributed by atoms with van der Waals surface area (Å²) in [5.74, 6) is 0. The summed E-state index contributed by atoms with van der Waals surface area (Å²) >= 11 is 5.69. The molecule has 1 heterocycles. The predicted octanol–water partition coefficient (Wildman–Crippen LogP) is 1.32. The van der Waals surface area contributed by atoms with Crippen LogP contribution in [0.1, 0.15) is 25.3 Å². The van der Waals surface area contributed by atoms with Gasteiger partial charge in [0.2, 0.25) is 0 Å². The Morgan fingerprint density at radius 1 is 1.35 bits per heavy atom. The van der Waals surface area contributed by atoms with Crippen molar-refractivity contribution in [3.8, 4) is 0 Å². The first-order valence-electron chi connectivity index (χ1n) is 5.65. The minimum Gasteiger partial charge on any atom is -0.380 e. The first kappa shape index (κ1) is 14.0. The van der Waals surface area contributed by atoms with E-state index in [1.165, 1.54) is 0 Å². The first-order chi connectivity index (χ1) is 8.07. The van der Waals surface area contributed by atoms with Crippen LogP contribution in [0.25, 0.3) is 0 Å². The van der Waals surface area contributed by atoms with E-state index in [1.54, 1.807) is 6.92 Å². The van der Waals surface area contributed by atoms with Crippen LogP contribution in [0, 0.1) is 6.92 Å². The van der Waals surface area contributed by atoms with Gasteiger partial charge >= 0.3 is 5.69 Å². The fraction of sp³-hybridized carbons (Fsp3) is 0.636. The average Bonchev–Trinajstić information content (AvgIpc) is 2.30. The van der Waals surface area contributed by atoms with Gasteiger partial charge in [0.05, 0.1) is 13.2 Å². The zero-order valence-corrected chi connectivity index (χ0v) is 10.8. The number of rotatable bonds is 6. The van der Waals surface area contributed by atoms with Gasteiger partial charge in [-0.15, -0.1) is 0 Å². The van der Waals surface area contributed by atoms with Crippen LogP contribution in [0.2, 0.25) is 5.15 Å². The molecule has 96 valence electrons. The Balaban J connectivity index is 2.69. The maximum atomic E-state index is 11.7. The Labute approximate surface area is 104 Å². The summed E-state index contributed by atoms with van der Waals surface area (Å²) in [7, 11) is 0. The molecule has 1 rings (SSSR count). The van der Waals surface area contributed by atoms with Crippen LogP contribution < -0.4 is 11.2 Å². The van der Waals surface area contributed by atoms with Crippen LogP contribution >= 0.6 is 11.6 Å². The molecule has 0 aliphatic rings. The van der Waals surface area contributed by atoms with Crippen molar-refractivity contribution in [2.75, 3.05) is 13.2 Å². The largest absolute Gasteiger partial charge is 0.380 e. The molecule has 0 fully saturated rings. The van der Waals surface area contributed by atoms with E-state index < -0.39 is 5.69 Å². The third-order valence-corrected chi connectivity index (χ3v) is 2.84. The van der Waals surface area contributed by atoms with Gasteiger partial charge in [0, 0.05) is 12.2 Å². The van der Waals surface area contributed by atoms with E-state index in [4.69, 9.17) is 16.3 Å². The molecule has 1 N–H and O–H groups in total. The number of halogens is 1. The quantitative estimate of drug-likeness (QED) is 0.620. The van der Waals surface area contributed by atoms with Crippen LogP contribution in [0.15, 0.2) is 9.59 Å².